The fourth-order valence-corrected chi connectivity index (χ4v) is 1.80. The van der Waals surface area contributed by atoms with E-state index in [-0.39, 0.29) is 11.8 Å². The molecule has 0 saturated carbocycles. The standard InChI is InChI=1S/C10H15IN2O/c1-2-3-8(12)6-4-5-7(11)9(13)10(6)14/h4-5,8,14H,2-3,12-13H2,1H3/t8-/m1/s1. The lowest BCUT2D eigenvalue weighted by Gasteiger charge is -2.14. The number of aromatic hydroxyl groups is 1. The molecule has 0 unspecified atom stereocenters. The largest absolute Gasteiger partial charge is 0.505 e. The second-order valence-corrected chi connectivity index (χ2v) is 4.46. The van der Waals surface area contributed by atoms with Crippen molar-refractivity contribution in [1.82, 2.24) is 0 Å². The van der Waals surface area contributed by atoms with E-state index in [0.29, 0.717) is 5.69 Å². The van der Waals surface area contributed by atoms with E-state index < -0.39 is 0 Å². The van der Waals surface area contributed by atoms with E-state index in [0.717, 1.165) is 22.0 Å². The molecule has 0 radical (unpaired) electrons. The van der Waals surface area contributed by atoms with Gasteiger partial charge in [0.15, 0.2) is 0 Å². The average Bonchev–Trinajstić information content (AvgIpc) is 2.15. The summed E-state index contributed by atoms with van der Waals surface area (Å²) in [6.07, 6.45) is 1.85. The van der Waals surface area contributed by atoms with Gasteiger partial charge >= 0.3 is 0 Å². The molecule has 0 aliphatic carbocycles. The van der Waals surface area contributed by atoms with Crippen molar-refractivity contribution in [3.8, 4) is 5.75 Å². The number of phenols is 1. The van der Waals surface area contributed by atoms with Gasteiger partial charge in [-0.3, -0.25) is 0 Å². The number of halogens is 1. The third-order valence-corrected chi connectivity index (χ3v) is 3.13. The van der Waals surface area contributed by atoms with Crippen molar-refractivity contribution in [2.45, 2.75) is 25.8 Å². The lowest BCUT2D eigenvalue weighted by Crippen LogP contribution is -2.10. The highest BCUT2D eigenvalue weighted by atomic mass is 127. The van der Waals surface area contributed by atoms with Crippen LogP contribution in [0.4, 0.5) is 5.69 Å². The van der Waals surface area contributed by atoms with E-state index in [2.05, 4.69) is 29.5 Å². The molecule has 0 spiro atoms. The van der Waals surface area contributed by atoms with Crippen LogP contribution in [0.15, 0.2) is 12.1 Å². The molecule has 4 heteroatoms. The number of hydrogen-bond donors (Lipinski definition) is 3. The molecule has 0 fully saturated rings. The van der Waals surface area contributed by atoms with E-state index >= 15 is 0 Å². The summed E-state index contributed by atoms with van der Waals surface area (Å²) in [5.41, 5.74) is 12.8. The average molecular weight is 306 g/mol. The van der Waals surface area contributed by atoms with Crippen molar-refractivity contribution >= 4 is 28.3 Å². The highest BCUT2D eigenvalue weighted by molar-refractivity contribution is 14.1. The van der Waals surface area contributed by atoms with Gasteiger partial charge in [0, 0.05) is 15.2 Å². The van der Waals surface area contributed by atoms with E-state index in [1.54, 1.807) is 0 Å². The molecular weight excluding hydrogens is 291 g/mol. The Morgan fingerprint density at radius 3 is 2.71 bits per heavy atom. The molecule has 5 N–H and O–H groups in total. The molecule has 3 nitrogen and oxygen atoms in total. The van der Waals surface area contributed by atoms with E-state index in [1.807, 2.05) is 12.1 Å². The van der Waals surface area contributed by atoms with Crippen LogP contribution in [0.5, 0.6) is 5.75 Å². The van der Waals surface area contributed by atoms with E-state index in [9.17, 15) is 5.11 Å². The van der Waals surface area contributed by atoms with Crippen LogP contribution in [0, 0.1) is 3.57 Å². The third-order valence-electron chi connectivity index (χ3n) is 2.19. The second-order valence-electron chi connectivity index (χ2n) is 3.29. The second kappa shape index (κ2) is 4.84. The molecule has 0 heterocycles. The lowest BCUT2D eigenvalue weighted by atomic mass is 10.0. The van der Waals surface area contributed by atoms with Crippen LogP contribution in [-0.4, -0.2) is 5.11 Å². The number of rotatable bonds is 3. The molecule has 1 aromatic rings. The van der Waals surface area contributed by atoms with Crippen LogP contribution in [0.3, 0.4) is 0 Å². The van der Waals surface area contributed by atoms with Crippen molar-refractivity contribution in [1.29, 1.82) is 0 Å². The zero-order chi connectivity index (χ0) is 10.7. The summed E-state index contributed by atoms with van der Waals surface area (Å²) in [6.45, 7) is 2.06. The summed E-state index contributed by atoms with van der Waals surface area (Å²) in [5, 5.41) is 9.77. The first-order chi connectivity index (χ1) is 6.57. The maximum absolute atomic E-state index is 9.77. The predicted molar refractivity (Wildman–Crippen MR) is 67.1 cm³/mol. The van der Waals surface area contributed by atoms with Crippen molar-refractivity contribution in [2.24, 2.45) is 5.73 Å². The van der Waals surface area contributed by atoms with Gasteiger partial charge in [-0.1, -0.05) is 19.4 Å². The molecule has 1 aromatic carbocycles. The Balaban J connectivity index is 3.04. The maximum atomic E-state index is 9.77. The smallest absolute Gasteiger partial charge is 0.144 e. The molecular formula is C10H15IN2O. The number of anilines is 1. The van der Waals surface area contributed by atoms with Gasteiger partial charge in [0.2, 0.25) is 0 Å². The van der Waals surface area contributed by atoms with Gasteiger partial charge < -0.3 is 16.6 Å². The first-order valence-electron chi connectivity index (χ1n) is 4.60. The van der Waals surface area contributed by atoms with Crippen molar-refractivity contribution < 1.29 is 5.11 Å². The van der Waals surface area contributed by atoms with Crippen molar-refractivity contribution in [3.05, 3.63) is 21.3 Å². The fraction of sp³-hybridized carbons (Fsp3) is 0.400. The number of hydrogen-bond acceptors (Lipinski definition) is 3. The van der Waals surface area contributed by atoms with Crippen molar-refractivity contribution in [3.63, 3.8) is 0 Å². The highest BCUT2D eigenvalue weighted by Crippen LogP contribution is 2.33. The number of phenolic OH excluding ortho intramolecular Hbond substituents is 1. The van der Waals surface area contributed by atoms with Gasteiger partial charge in [0.25, 0.3) is 0 Å². The Kier molecular flexibility index (Phi) is 4.00. The quantitative estimate of drug-likeness (QED) is 0.456. The summed E-state index contributed by atoms with van der Waals surface area (Å²) in [4.78, 5) is 0. The molecule has 0 amide bonds. The summed E-state index contributed by atoms with van der Waals surface area (Å²) >= 11 is 2.09. The molecule has 78 valence electrons. The summed E-state index contributed by atoms with van der Waals surface area (Å²) < 4.78 is 0.854. The highest BCUT2D eigenvalue weighted by Gasteiger charge is 2.13. The Bertz CT molecular complexity index is 328. The topological polar surface area (TPSA) is 72.3 Å². The van der Waals surface area contributed by atoms with Gasteiger partial charge in [-0.05, 0) is 35.1 Å². The van der Waals surface area contributed by atoms with Gasteiger partial charge in [0.05, 0.1) is 5.69 Å². The maximum Gasteiger partial charge on any atom is 0.144 e. The Labute approximate surface area is 97.6 Å². The van der Waals surface area contributed by atoms with Crippen molar-refractivity contribution in [2.75, 3.05) is 5.73 Å². The minimum absolute atomic E-state index is 0.126. The molecule has 0 bridgehead atoms. The fourth-order valence-electron chi connectivity index (χ4n) is 1.37. The Morgan fingerprint density at radius 1 is 1.50 bits per heavy atom. The van der Waals surface area contributed by atoms with Crippen LogP contribution in [0.25, 0.3) is 0 Å². The normalized spacial score (nSPS) is 12.8. The molecule has 14 heavy (non-hydrogen) atoms. The Morgan fingerprint density at radius 2 is 2.14 bits per heavy atom. The van der Waals surface area contributed by atoms with Gasteiger partial charge in [-0.25, -0.2) is 0 Å². The number of benzene rings is 1. The van der Waals surface area contributed by atoms with Gasteiger partial charge in [-0.15, -0.1) is 0 Å². The predicted octanol–water partition coefficient (Wildman–Crippen LogP) is 2.38. The van der Waals surface area contributed by atoms with Crippen LogP contribution < -0.4 is 11.5 Å². The first kappa shape index (κ1) is 11.6. The minimum atomic E-state index is -0.126. The number of nitrogens with two attached hydrogens (primary N) is 2. The molecule has 1 atom stereocenters. The summed E-state index contributed by atoms with van der Waals surface area (Å²) in [7, 11) is 0. The van der Waals surface area contributed by atoms with E-state index in [1.165, 1.54) is 0 Å². The zero-order valence-corrected chi connectivity index (χ0v) is 10.3. The Hall–Kier alpha value is -0.490. The monoisotopic (exact) mass is 306 g/mol. The molecule has 0 aliphatic rings. The summed E-state index contributed by atoms with van der Waals surface area (Å²) in [5.74, 6) is 0.137. The molecule has 0 aliphatic heterocycles. The van der Waals surface area contributed by atoms with Crippen LogP contribution >= 0.6 is 22.6 Å². The summed E-state index contributed by atoms with van der Waals surface area (Å²) in [6, 6.07) is 3.59. The zero-order valence-electron chi connectivity index (χ0n) is 8.13. The van der Waals surface area contributed by atoms with Gasteiger partial charge in [0.1, 0.15) is 5.75 Å². The first-order valence-corrected chi connectivity index (χ1v) is 5.68. The molecule has 0 aromatic heterocycles. The molecule has 1 rings (SSSR count). The van der Waals surface area contributed by atoms with Crippen LogP contribution in [0.2, 0.25) is 0 Å². The molecule has 0 saturated heterocycles. The van der Waals surface area contributed by atoms with E-state index in [4.69, 9.17) is 11.5 Å². The number of nitrogen functional groups attached to an aromatic ring is 1. The van der Waals surface area contributed by atoms with Crippen LogP contribution in [0.1, 0.15) is 31.4 Å². The van der Waals surface area contributed by atoms with Crippen LogP contribution in [-0.2, 0) is 0 Å². The van der Waals surface area contributed by atoms with Gasteiger partial charge in [-0.2, -0.15) is 0 Å². The SMILES string of the molecule is CCC[C@@H](N)c1ccc(I)c(N)c1O. The third kappa shape index (κ3) is 2.30. The lowest BCUT2D eigenvalue weighted by molar-refractivity contribution is 0.460. The minimum Gasteiger partial charge on any atom is -0.505 e.